The highest BCUT2D eigenvalue weighted by Gasteiger charge is 2.38. The number of aliphatic carboxylic acids is 2. The summed E-state index contributed by atoms with van der Waals surface area (Å²) in [5.74, 6) is -5.45. The SMILES string of the molecule is O=C(NCCN1CCc2ccccc2C1)c1ccc(C2CCCN2)s1.O=C(O)C(F)(F)F.O=C(O)C(F)(F)F. The number of hydrogen-bond acceptors (Lipinski definition) is 6. The van der Waals surface area contributed by atoms with E-state index >= 15 is 0 Å². The van der Waals surface area contributed by atoms with Gasteiger partial charge in [0.2, 0.25) is 0 Å². The molecule has 2 aliphatic rings. The van der Waals surface area contributed by atoms with Gasteiger partial charge in [-0.1, -0.05) is 24.3 Å². The first-order chi connectivity index (χ1) is 18.2. The molecule has 2 aromatic rings. The Hall–Kier alpha value is -3.17. The zero-order chi connectivity index (χ0) is 29.2. The normalized spacial score (nSPS) is 17.1. The number of thiophene rings is 1. The standard InChI is InChI=1S/C20H25N3OS.2C2HF3O2/c24-20(19-8-7-18(25-19)17-6-3-10-21-17)22-11-13-23-12-9-15-4-1-2-5-16(15)14-23;2*3-2(4,5)1(6)7/h1-2,4-5,7-8,17,21H,3,6,9-14H2,(H,22,24);2*(H,6,7). The van der Waals surface area contributed by atoms with Gasteiger partial charge in [-0.05, 0) is 49.1 Å². The third kappa shape index (κ3) is 10.8. The van der Waals surface area contributed by atoms with Crippen molar-refractivity contribution in [3.8, 4) is 0 Å². The summed E-state index contributed by atoms with van der Waals surface area (Å²) in [7, 11) is 0. The zero-order valence-electron chi connectivity index (χ0n) is 20.4. The molecule has 39 heavy (non-hydrogen) atoms. The van der Waals surface area contributed by atoms with Gasteiger partial charge in [-0.2, -0.15) is 26.3 Å². The van der Waals surface area contributed by atoms with Crippen LogP contribution in [0.3, 0.4) is 0 Å². The molecule has 2 aliphatic heterocycles. The molecule has 0 aliphatic carbocycles. The molecule has 216 valence electrons. The van der Waals surface area contributed by atoms with Crippen molar-refractivity contribution in [2.24, 2.45) is 0 Å². The minimum absolute atomic E-state index is 0.0617. The van der Waals surface area contributed by atoms with Gasteiger partial charge in [0, 0.05) is 37.1 Å². The number of carboxylic acid groups (broad SMARTS) is 2. The number of carbonyl (C=O) groups excluding carboxylic acids is 1. The maximum absolute atomic E-state index is 12.4. The molecule has 4 N–H and O–H groups in total. The molecule has 0 bridgehead atoms. The first-order valence-electron chi connectivity index (χ1n) is 11.7. The summed E-state index contributed by atoms with van der Waals surface area (Å²) in [6, 6.07) is 13.2. The van der Waals surface area contributed by atoms with Crippen molar-refractivity contribution in [1.82, 2.24) is 15.5 Å². The predicted octanol–water partition coefficient (Wildman–Crippen LogP) is 4.23. The summed E-state index contributed by atoms with van der Waals surface area (Å²) in [4.78, 5) is 34.7. The van der Waals surface area contributed by atoms with Gasteiger partial charge >= 0.3 is 24.3 Å². The molecule has 4 rings (SSSR count). The molecule has 1 amide bonds. The van der Waals surface area contributed by atoms with E-state index in [1.807, 2.05) is 6.07 Å². The number of halogens is 6. The van der Waals surface area contributed by atoms with Gasteiger partial charge in [-0.3, -0.25) is 9.69 Å². The molecule has 1 saturated heterocycles. The van der Waals surface area contributed by atoms with Crippen molar-refractivity contribution in [2.75, 3.05) is 26.2 Å². The Bertz CT molecular complexity index is 1090. The summed E-state index contributed by atoms with van der Waals surface area (Å²) in [6.45, 7) is 4.76. The second kappa shape index (κ2) is 14.3. The van der Waals surface area contributed by atoms with E-state index in [2.05, 4.69) is 45.9 Å². The third-order valence-corrected chi connectivity index (χ3v) is 6.86. The van der Waals surface area contributed by atoms with Crippen LogP contribution in [0.25, 0.3) is 0 Å². The average molecular weight is 584 g/mol. The van der Waals surface area contributed by atoms with Crippen LogP contribution in [0.15, 0.2) is 36.4 Å². The van der Waals surface area contributed by atoms with Crippen molar-refractivity contribution in [1.29, 1.82) is 0 Å². The van der Waals surface area contributed by atoms with E-state index in [4.69, 9.17) is 19.8 Å². The molecule has 0 radical (unpaired) electrons. The summed E-state index contributed by atoms with van der Waals surface area (Å²) in [5.41, 5.74) is 2.89. The second-order valence-electron chi connectivity index (χ2n) is 8.51. The molecule has 1 unspecified atom stereocenters. The van der Waals surface area contributed by atoms with Crippen LogP contribution in [0, 0.1) is 0 Å². The molecule has 1 aromatic carbocycles. The molecule has 0 saturated carbocycles. The number of alkyl halides is 6. The smallest absolute Gasteiger partial charge is 0.475 e. The van der Waals surface area contributed by atoms with Gasteiger partial charge in [-0.25, -0.2) is 9.59 Å². The number of benzene rings is 1. The van der Waals surface area contributed by atoms with E-state index < -0.39 is 24.3 Å². The van der Waals surface area contributed by atoms with E-state index in [9.17, 15) is 31.1 Å². The van der Waals surface area contributed by atoms with E-state index in [-0.39, 0.29) is 5.91 Å². The fraction of sp³-hybridized carbons (Fsp3) is 0.458. The van der Waals surface area contributed by atoms with Crippen LogP contribution < -0.4 is 10.6 Å². The number of amides is 1. The Kier molecular flexibility index (Phi) is 11.7. The maximum Gasteiger partial charge on any atom is 0.490 e. The lowest BCUT2D eigenvalue weighted by Gasteiger charge is -2.28. The number of nitrogens with zero attached hydrogens (tertiary/aromatic N) is 1. The molecule has 3 heterocycles. The van der Waals surface area contributed by atoms with Gasteiger partial charge in [-0.15, -0.1) is 11.3 Å². The lowest BCUT2D eigenvalue weighted by molar-refractivity contribution is -0.193. The second-order valence-corrected chi connectivity index (χ2v) is 9.62. The molecule has 15 heteroatoms. The highest BCUT2D eigenvalue weighted by atomic mass is 32.1. The van der Waals surface area contributed by atoms with Crippen molar-refractivity contribution in [2.45, 2.75) is 44.2 Å². The summed E-state index contributed by atoms with van der Waals surface area (Å²) in [5, 5.41) is 20.8. The Labute approximate surface area is 223 Å². The molecule has 0 spiro atoms. The highest BCUT2D eigenvalue weighted by molar-refractivity contribution is 7.14. The Morgan fingerprint density at radius 1 is 0.974 bits per heavy atom. The van der Waals surface area contributed by atoms with Crippen molar-refractivity contribution in [3.63, 3.8) is 0 Å². The van der Waals surface area contributed by atoms with Gasteiger partial charge < -0.3 is 20.8 Å². The van der Waals surface area contributed by atoms with Crippen LogP contribution in [-0.2, 0) is 22.6 Å². The van der Waals surface area contributed by atoms with E-state index in [0.29, 0.717) is 12.6 Å². The van der Waals surface area contributed by atoms with E-state index in [1.54, 1.807) is 11.3 Å². The fourth-order valence-corrected chi connectivity index (χ4v) is 4.78. The van der Waals surface area contributed by atoms with Crippen LogP contribution in [-0.4, -0.2) is 71.5 Å². The summed E-state index contributed by atoms with van der Waals surface area (Å²) in [6.07, 6.45) is -6.66. The molecule has 1 fully saturated rings. The number of hydrogen-bond donors (Lipinski definition) is 4. The maximum atomic E-state index is 12.4. The van der Waals surface area contributed by atoms with Crippen LogP contribution in [0.2, 0.25) is 0 Å². The van der Waals surface area contributed by atoms with Crippen molar-refractivity contribution in [3.05, 3.63) is 57.3 Å². The van der Waals surface area contributed by atoms with Crippen LogP contribution in [0.1, 0.15) is 44.6 Å². The largest absolute Gasteiger partial charge is 0.490 e. The summed E-state index contributed by atoms with van der Waals surface area (Å²) >= 11 is 1.63. The number of fused-ring (bicyclic) bond motifs is 1. The Balaban J connectivity index is 0.000000317. The quantitative estimate of drug-likeness (QED) is 0.389. The Morgan fingerprint density at radius 2 is 1.56 bits per heavy atom. The molecule has 8 nitrogen and oxygen atoms in total. The highest BCUT2D eigenvalue weighted by Crippen LogP contribution is 2.29. The van der Waals surface area contributed by atoms with E-state index in [0.717, 1.165) is 37.5 Å². The van der Waals surface area contributed by atoms with Gasteiger partial charge in [0.25, 0.3) is 5.91 Å². The molecule has 1 aromatic heterocycles. The fourth-order valence-electron chi connectivity index (χ4n) is 3.75. The van der Waals surface area contributed by atoms with Crippen LogP contribution in [0.4, 0.5) is 26.3 Å². The van der Waals surface area contributed by atoms with Gasteiger partial charge in [0.1, 0.15) is 0 Å². The van der Waals surface area contributed by atoms with E-state index in [1.165, 1.54) is 28.8 Å². The topological polar surface area (TPSA) is 119 Å². The minimum Gasteiger partial charge on any atom is -0.475 e. The van der Waals surface area contributed by atoms with Crippen molar-refractivity contribution < 1.29 is 50.9 Å². The molecule has 1 atom stereocenters. The first-order valence-corrected chi connectivity index (χ1v) is 12.5. The number of carbonyl (C=O) groups is 3. The first kappa shape index (κ1) is 32.0. The number of rotatable bonds is 5. The van der Waals surface area contributed by atoms with Crippen LogP contribution in [0.5, 0.6) is 0 Å². The zero-order valence-corrected chi connectivity index (χ0v) is 21.3. The lowest BCUT2D eigenvalue weighted by atomic mass is 10.00. The molecular formula is C24H27F6N3O5S. The Morgan fingerprint density at radius 3 is 2.10 bits per heavy atom. The lowest BCUT2D eigenvalue weighted by Crippen LogP contribution is -2.37. The molecular weight excluding hydrogens is 556 g/mol. The average Bonchev–Trinajstić information content (AvgIpc) is 3.56. The van der Waals surface area contributed by atoms with Gasteiger partial charge in [0.05, 0.1) is 4.88 Å². The monoisotopic (exact) mass is 583 g/mol. The summed E-state index contributed by atoms with van der Waals surface area (Å²) < 4.78 is 63.5. The number of carboxylic acids is 2. The van der Waals surface area contributed by atoms with Gasteiger partial charge in [0.15, 0.2) is 0 Å². The minimum atomic E-state index is -5.08. The predicted molar refractivity (Wildman–Crippen MR) is 129 cm³/mol. The number of nitrogens with one attached hydrogen (secondary N) is 2. The van der Waals surface area contributed by atoms with Crippen molar-refractivity contribution >= 4 is 29.2 Å². The van der Waals surface area contributed by atoms with Crippen LogP contribution >= 0.6 is 11.3 Å². The third-order valence-electron chi connectivity index (χ3n) is 5.66.